The van der Waals surface area contributed by atoms with E-state index in [-0.39, 0.29) is 11.8 Å². The number of carbonyl (C=O) groups is 2. The van der Waals surface area contributed by atoms with E-state index in [2.05, 4.69) is 46.0 Å². The molecule has 2 amide bonds. The Labute approximate surface area is 166 Å². The lowest BCUT2D eigenvalue weighted by molar-refractivity contribution is -0.121. The number of nitrogens with zero attached hydrogens (tertiary/aromatic N) is 1. The van der Waals surface area contributed by atoms with Crippen LogP contribution in [0.4, 0.5) is 5.69 Å². The Morgan fingerprint density at radius 1 is 1.00 bits per heavy atom. The molecule has 1 aliphatic heterocycles. The Bertz CT molecular complexity index is 769. The second-order valence-corrected chi connectivity index (χ2v) is 7.15. The monoisotopic (exact) mass is 380 g/mol. The van der Waals surface area contributed by atoms with E-state index in [0.29, 0.717) is 30.9 Å². The summed E-state index contributed by atoms with van der Waals surface area (Å²) in [5.41, 5.74) is 5.29. The normalized spacial score (nSPS) is 14.5. The van der Waals surface area contributed by atoms with Gasteiger partial charge in [0.25, 0.3) is 5.91 Å². The number of carbonyl (C=O) groups excluding carboxylic acids is 2. The number of hydrazine groups is 1. The molecule has 0 unspecified atom stereocenters. The first-order valence-electron chi connectivity index (χ1n) is 9.85. The lowest BCUT2D eigenvalue weighted by Gasteiger charge is -2.34. The summed E-state index contributed by atoms with van der Waals surface area (Å²) in [7, 11) is 0. The molecule has 0 saturated carbocycles. The number of hydrogen-bond donors (Lipinski definition) is 3. The van der Waals surface area contributed by atoms with Crippen molar-refractivity contribution in [3.8, 4) is 0 Å². The lowest BCUT2D eigenvalue weighted by Crippen LogP contribution is -2.33. The summed E-state index contributed by atoms with van der Waals surface area (Å²) in [6.45, 7) is 2.49. The average molecular weight is 380 g/mol. The van der Waals surface area contributed by atoms with Crippen molar-refractivity contribution in [1.29, 1.82) is 0 Å². The van der Waals surface area contributed by atoms with E-state index >= 15 is 0 Å². The number of hydrogen-bond acceptors (Lipinski definition) is 4. The molecule has 0 spiro atoms. The second kappa shape index (κ2) is 9.90. The first-order chi connectivity index (χ1) is 13.7. The zero-order valence-corrected chi connectivity index (χ0v) is 16.1. The van der Waals surface area contributed by atoms with Crippen LogP contribution in [-0.2, 0) is 4.79 Å². The Morgan fingerprint density at radius 2 is 1.68 bits per heavy atom. The summed E-state index contributed by atoms with van der Waals surface area (Å²) >= 11 is 0. The zero-order valence-electron chi connectivity index (χ0n) is 16.1. The van der Waals surface area contributed by atoms with Crippen molar-refractivity contribution in [3.05, 3.63) is 65.7 Å². The van der Waals surface area contributed by atoms with Crippen molar-refractivity contribution in [2.75, 3.05) is 24.5 Å². The van der Waals surface area contributed by atoms with Crippen LogP contribution in [0.2, 0.25) is 0 Å². The third-order valence-corrected chi connectivity index (χ3v) is 5.29. The van der Waals surface area contributed by atoms with Crippen molar-refractivity contribution in [2.45, 2.75) is 31.6 Å². The maximum atomic E-state index is 12.2. The summed E-state index contributed by atoms with van der Waals surface area (Å²) in [5, 5.41) is 2.83. The van der Waals surface area contributed by atoms with E-state index in [0.717, 1.165) is 31.6 Å². The van der Waals surface area contributed by atoms with Crippen LogP contribution in [0.5, 0.6) is 0 Å². The molecule has 2 aromatic carbocycles. The van der Waals surface area contributed by atoms with Crippen LogP contribution in [0.3, 0.4) is 0 Å². The lowest BCUT2D eigenvalue weighted by atomic mass is 9.89. The maximum absolute atomic E-state index is 12.2. The van der Waals surface area contributed by atoms with Crippen molar-refractivity contribution in [1.82, 2.24) is 10.7 Å². The molecule has 0 radical (unpaired) electrons. The molecular weight excluding hydrogens is 352 g/mol. The summed E-state index contributed by atoms with van der Waals surface area (Å²) < 4.78 is 0. The topological polar surface area (TPSA) is 87.5 Å². The Morgan fingerprint density at radius 3 is 2.32 bits per heavy atom. The first-order valence-corrected chi connectivity index (χ1v) is 9.85. The van der Waals surface area contributed by atoms with Gasteiger partial charge in [0.05, 0.1) is 0 Å². The van der Waals surface area contributed by atoms with Gasteiger partial charge in [0.15, 0.2) is 0 Å². The molecule has 1 aliphatic rings. The van der Waals surface area contributed by atoms with Crippen molar-refractivity contribution < 1.29 is 9.59 Å². The number of nitrogens with one attached hydrogen (secondary N) is 2. The van der Waals surface area contributed by atoms with E-state index in [9.17, 15) is 9.59 Å². The van der Waals surface area contributed by atoms with E-state index in [1.54, 1.807) is 0 Å². The molecule has 0 aliphatic carbocycles. The molecule has 6 heteroatoms. The highest BCUT2D eigenvalue weighted by atomic mass is 16.2. The second-order valence-electron chi connectivity index (χ2n) is 7.15. The minimum absolute atomic E-state index is 0.123. The minimum Gasteiger partial charge on any atom is -0.371 e. The smallest absolute Gasteiger partial charge is 0.251 e. The van der Waals surface area contributed by atoms with Gasteiger partial charge in [-0.1, -0.05) is 30.3 Å². The Hall–Kier alpha value is -2.86. The van der Waals surface area contributed by atoms with Gasteiger partial charge in [-0.15, -0.1) is 0 Å². The Balaban J connectivity index is 1.47. The predicted octanol–water partition coefficient (Wildman–Crippen LogP) is 2.57. The van der Waals surface area contributed by atoms with Gasteiger partial charge in [-0.2, -0.15) is 0 Å². The summed E-state index contributed by atoms with van der Waals surface area (Å²) in [5.74, 6) is 5.31. The standard InChI is InChI=1S/C22H28N4O2/c23-25-21(27)7-4-14-24-22(28)19-8-10-20(11-9-19)26-15-12-18(13-16-26)17-5-2-1-3-6-17/h1-3,5-6,8-11,18H,4,7,12-16,23H2,(H,24,28)(H,25,27). The van der Waals surface area contributed by atoms with Gasteiger partial charge in [0, 0.05) is 37.3 Å². The number of anilines is 1. The molecule has 0 aromatic heterocycles. The van der Waals surface area contributed by atoms with E-state index in [1.165, 1.54) is 5.56 Å². The first kappa shape index (κ1) is 19.9. The number of amides is 2. The Kier molecular flexibility index (Phi) is 7.03. The molecule has 0 bridgehead atoms. The number of piperidine rings is 1. The molecule has 3 rings (SSSR count). The van der Waals surface area contributed by atoms with E-state index < -0.39 is 0 Å². The van der Waals surface area contributed by atoms with Gasteiger partial charge in [-0.05, 0) is 55.0 Å². The molecule has 0 atom stereocenters. The fourth-order valence-electron chi connectivity index (χ4n) is 3.64. The third kappa shape index (κ3) is 5.33. The molecule has 1 fully saturated rings. The fourth-order valence-corrected chi connectivity index (χ4v) is 3.64. The zero-order chi connectivity index (χ0) is 19.8. The number of nitrogens with two attached hydrogens (primary N) is 1. The average Bonchev–Trinajstić information content (AvgIpc) is 2.77. The van der Waals surface area contributed by atoms with Gasteiger partial charge >= 0.3 is 0 Å². The van der Waals surface area contributed by atoms with Crippen LogP contribution in [0.25, 0.3) is 0 Å². The largest absolute Gasteiger partial charge is 0.371 e. The van der Waals surface area contributed by atoms with Gasteiger partial charge in [0.2, 0.25) is 5.91 Å². The van der Waals surface area contributed by atoms with Crippen LogP contribution in [0.1, 0.15) is 47.5 Å². The molecule has 28 heavy (non-hydrogen) atoms. The minimum atomic E-state index is -0.227. The van der Waals surface area contributed by atoms with Gasteiger partial charge in [0.1, 0.15) is 0 Å². The molecule has 2 aromatic rings. The predicted molar refractivity (Wildman–Crippen MR) is 111 cm³/mol. The van der Waals surface area contributed by atoms with Crippen molar-refractivity contribution in [3.63, 3.8) is 0 Å². The highest BCUT2D eigenvalue weighted by molar-refractivity contribution is 5.94. The summed E-state index contributed by atoms with van der Waals surface area (Å²) in [6.07, 6.45) is 3.14. The molecule has 6 nitrogen and oxygen atoms in total. The molecule has 1 heterocycles. The summed E-state index contributed by atoms with van der Waals surface area (Å²) in [4.78, 5) is 25.6. The van der Waals surface area contributed by atoms with Crippen LogP contribution in [0, 0.1) is 0 Å². The van der Waals surface area contributed by atoms with Gasteiger partial charge in [-0.25, -0.2) is 5.84 Å². The molecular formula is C22H28N4O2. The van der Waals surface area contributed by atoms with Crippen LogP contribution in [0.15, 0.2) is 54.6 Å². The van der Waals surface area contributed by atoms with Crippen LogP contribution in [-0.4, -0.2) is 31.4 Å². The van der Waals surface area contributed by atoms with Gasteiger partial charge in [-0.3, -0.25) is 15.0 Å². The highest BCUT2D eigenvalue weighted by Gasteiger charge is 2.20. The third-order valence-electron chi connectivity index (χ3n) is 5.29. The van der Waals surface area contributed by atoms with Crippen LogP contribution >= 0.6 is 0 Å². The van der Waals surface area contributed by atoms with Crippen molar-refractivity contribution in [2.24, 2.45) is 5.84 Å². The number of rotatable bonds is 7. The van der Waals surface area contributed by atoms with E-state index in [1.807, 2.05) is 24.3 Å². The van der Waals surface area contributed by atoms with Crippen LogP contribution < -0.4 is 21.5 Å². The molecule has 148 valence electrons. The quantitative estimate of drug-likeness (QED) is 0.298. The fraction of sp³-hybridized carbons (Fsp3) is 0.364. The van der Waals surface area contributed by atoms with Gasteiger partial charge < -0.3 is 10.2 Å². The highest BCUT2D eigenvalue weighted by Crippen LogP contribution is 2.30. The summed E-state index contributed by atoms with van der Waals surface area (Å²) in [6, 6.07) is 18.5. The molecule has 1 saturated heterocycles. The number of benzene rings is 2. The molecule has 4 N–H and O–H groups in total. The van der Waals surface area contributed by atoms with Crippen molar-refractivity contribution >= 4 is 17.5 Å². The maximum Gasteiger partial charge on any atom is 0.251 e. The van der Waals surface area contributed by atoms with E-state index in [4.69, 9.17) is 5.84 Å². The SMILES string of the molecule is NNC(=O)CCCNC(=O)c1ccc(N2CCC(c3ccccc3)CC2)cc1.